The van der Waals surface area contributed by atoms with Crippen molar-refractivity contribution in [2.24, 2.45) is 5.92 Å². The second-order valence-corrected chi connectivity index (χ2v) is 9.47. The highest BCUT2D eigenvalue weighted by molar-refractivity contribution is 5.80. The number of likely N-dealkylation sites (N-methyl/N-ethyl adjacent to an activating group) is 1. The summed E-state index contributed by atoms with van der Waals surface area (Å²) >= 11 is 0. The number of piperidine rings is 1. The lowest BCUT2D eigenvalue weighted by atomic mass is 9.87. The van der Waals surface area contributed by atoms with E-state index in [1.165, 1.54) is 29.5 Å². The Bertz CT molecular complexity index is 895. The van der Waals surface area contributed by atoms with Crippen LogP contribution >= 0.6 is 0 Å². The van der Waals surface area contributed by atoms with Crippen LogP contribution in [0.1, 0.15) is 35.4 Å². The van der Waals surface area contributed by atoms with Gasteiger partial charge in [-0.15, -0.1) is 0 Å². The van der Waals surface area contributed by atoms with Crippen LogP contribution in [-0.4, -0.2) is 63.7 Å². The maximum atomic E-state index is 13.1. The number of nitrogens with one attached hydrogen (secondary N) is 3. The molecule has 4 rings (SSSR count). The minimum atomic E-state index is -0.0153. The van der Waals surface area contributed by atoms with E-state index in [4.69, 9.17) is 4.74 Å². The fraction of sp³-hybridized carbons (Fsp3) is 0.519. The molecule has 0 saturated carbocycles. The number of amides is 1. The third-order valence-corrected chi connectivity index (χ3v) is 7.02. The Hall–Kier alpha value is -2.41. The highest BCUT2D eigenvalue weighted by Gasteiger charge is 2.36. The van der Waals surface area contributed by atoms with Gasteiger partial charge in [-0.05, 0) is 68.2 Å². The number of nitrogens with zero attached hydrogens (tertiary/aromatic N) is 1. The van der Waals surface area contributed by atoms with E-state index in [1.807, 2.05) is 12.1 Å². The molecule has 2 atom stereocenters. The summed E-state index contributed by atoms with van der Waals surface area (Å²) in [5, 5.41) is 10.3. The summed E-state index contributed by atoms with van der Waals surface area (Å²) in [4.78, 5) is 15.4. The van der Waals surface area contributed by atoms with Crippen LogP contribution in [0.15, 0.2) is 48.5 Å². The molecular weight excluding hydrogens is 412 g/mol. The Morgan fingerprint density at radius 3 is 2.64 bits per heavy atom. The molecule has 6 nitrogen and oxygen atoms in total. The quantitative estimate of drug-likeness (QED) is 0.548. The molecule has 178 valence electrons. The monoisotopic (exact) mass is 450 g/mol. The van der Waals surface area contributed by atoms with Crippen molar-refractivity contribution < 1.29 is 9.53 Å². The molecule has 0 bridgehead atoms. The van der Waals surface area contributed by atoms with Crippen LogP contribution in [0.25, 0.3) is 0 Å². The van der Waals surface area contributed by atoms with Gasteiger partial charge in [0.25, 0.3) is 0 Å². The zero-order valence-electron chi connectivity index (χ0n) is 20.0. The second kappa shape index (κ2) is 11.6. The average Bonchev–Trinajstić information content (AvgIpc) is 3.26. The van der Waals surface area contributed by atoms with Crippen molar-refractivity contribution in [2.45, 2.75) is 37.8 Å². The first kappa shape index (κ1) is 23.7. The van der Waals surface area contributed by atoms with Gasteiger partial charge in [0.15, 0.2) is 0 Å². The van der Waals surface area contributed by atoms with Crippen molar-refractivity contribution in [1.29, 1.82) is 0 Å². The molecule has 2 heterocycles. The van der Waals surface area contributed by atoms with E-state index in [1.54, 1.807) is 7.11 Å². The van der Waals surface area contributed by atoms with E-state index in [2.05, 4.69) is 64.3 Å². The summed E-state index contributed by atoms with van der Waals surface area (Å²) in [6, 6.07) is 17.5. The number of rotatable bonds is 9. The molecule has 2 saturated heterocycles. The topological polar surface area (TPSA) is 65.6 Å². The molecule has 2 aromatic rings. The maximum Gasteiger partial charge on any atom is 0.225 e. The van der Waals surface area contributed by atoms with Gasteiger partial charge < -0.3 is 25.6 Å². The fourth-order valence-electron chi connectivity index (χ4n) is 5.08. The summed E-state index contributed by atoms with van der Waals surface area (Å²) in [5.74, 6) is 1.23. The molecule has 0 aliphatic carbocycles. The van der Waals surface area contributed by atoms with Gasteiger partial charge in [-0.1, -0.05) is 36.4 Å². The van der Waals surface area contributed by atoms with E-state index in [0.717, 1.165) is 44.9 Å². The van der Waals surface area contributed by atoms with Crippen LogP contribution in [0.4, 0.5) is 0 Å². The van der Waals surface area contributed by atoms with Gasteiger partial charge in [-0.25, -0.2) is 0 Å². The number of ether oxygens (including phenoxy) is 1. The fourth-order valence-corrected chi connectivity index (χ4v) is 5.08. The summed E-state index contributed by atoms with van der Waals surface area (Å²) in [7, 11) is 3.78. The van der Waals surface area contributed by atoms with Gasteiger partial charge in [0.2, 0.25) is 5.91 Å². The number of methoxy groups -OCH3 is 1. The van der Waals surface area contributed by atoms with Crippen LogP contribution in [0, 0.1) is 5.92 Å². The largest absolute Gasteiger partial charge is 0.497 e. The molecule has 0 aromatic heterocycles. The summed E-state index contributed by atoms with van der Waals surface area (Å²) < 4.78 is 5.22. The smallest absolute Gasteiger partial charge is 0.225 e. The minimum absolute atomic E-state index is 0.0153. The van der Waals surface area contributed by atoms with E-state index in [0.29, 0.717) is 12.6 Å². The lowest BCUT2D eigenvalue weighted by Gasteiger charge is -2.24. The molecule has 2 aromatic carbocycles. The molecule has 2 fully saturated rings. The van der Waals surface area contributed by atoms with Crippen LogP contribution in [0.3, 0.4) is 0 Å². The van der Waals surface area contributed by atoms with Crippen molar-refractivity contribution in [3.05, 3.63) is 65.2 Å². The molecule has 0 spiro atoms. The van der Waals surface area contributed by atoms with E-state index >= 15 is 0 Å². The zero-order valence-corrected chi connectivity index (χ0v) is 20.0. The summed E-state index contributed by atoms with van der Waals surface area (Å²) in [5.41, 5.74) is 3.78. The first-order chi connectivity index (χ1) is 16.1. The Balaban J connectivity index is 1.32. The Kier molecular flexibility index (Phi) is 8.37. The molecule has 2 aliphatic rings. The SMILES string of the molecule is COc1ccc(CCNC(=O)[C@H]2CN(C)C[C@@H]2c2cccc(CNC3CCNCC3)c2)cc1. The number of likely N-dealkylation sites (tertiary alicyclic amines) is 1. The van der Waals surface area contributed by atoms with Crippen molar-refractivity contribution in [1.82, 2.24) is 20.9 Å². The van der Waals surface area contributed by atoms with Crippen molar-refractivity contribution in [3.8, 4) is 5.75 Å². The molecular formula is C27H38N4O2. The van der Waals surface area contributed by atoms with Gasteiger partial charge in [0.1, 0.15) is 5.75 Å². The lowest BCUT2D eigenvalue weighted by molar-refractivity contribution is -0.124. The van der Waals surface area contributed by atoms with E-state index in [-0.39, 0.29) is 17.7 Å². The zero-order chi connectivity index (χ0) is 23.0. The normalized spacial score (nSPS) is 21.8. The highest BCUT2D eigenvalue weighted by Crippen LogP contribution is 2.32. The molecule has 33 heavy (non-hydrogen) atoms. The Morgan fingerprint density at radius 1 is 1.09 bits per heavy atom. The molecule has 3 N–H and O–H groups in total. The third kappa shape index (κ3) is 6.56. The van der Waals surface area contributed by atoms with Gasteiger partial charge in [-0.2, -0.15) is 0 Å². The van der Waals surface area contributed by atoms with E-state index in [9.17, 15) is 4.79 Å². The average molecular weight is 451 g/mol. The highest BCUT2D eigenvalue weighted by atomic mass is 16.5. The predicted octanol–water partition coefficient (Wildman–Crippen LogP) is 2.54. The molecule has 6 heteroatoms. The van der Waals surface area contributed by atoms with Crippen LogP contribution in [0.5, 0.6) is 5.75 Å². The number of benzene rings is 2. The number of hydrogen-bond donors (Lipinski definition) is 3. The Labute approximate surface area is 198 Å². The third-order valence-electron chi connectivity index (χ3n) is 7.02. The second-order valence-electron chi connectivity index (χ2n) is 9.47. The first-order valence-corrected chi connectivity index (χ1v) is 12.2. The van der Waals surface area contributed by atoms with E-state index < -0.39 is 0 Å². The van der Waals surface area contributed by atoms with Crippen molar-refractivity contribution in [2.75, 3.05) is 46.9 Å². The maximum absolute atomic E-state index is 13.1. The Morgan fingerprint density at radius 2 is 1.88 bits per heavy atom. The molecule has 0 unspecified atom stereocenters. The molecule has 1 amide bonds. The van der Waals surface area contributed by atoms with Gasteiger partial charge in [-0.3, -0.25) is 4.79 Å². The van der Waals surface area contributed by atoms with Crippen molar-refractivity contribution in [3.63, 3.8) is 0 Å². The van der Waals surface area contributed by atoms with Crippen molar-refractivity contribution >= 4 is 5.91 Å². The molecule has 2 aliphatic heterocycles. The molecule has 0 radical (unpaired) electrons. The van der Waals surface area contributed by atoms with Gasteiger partial charge in [0, 0.05) is 38.1 Å². The standard InChI is InChI=1S/C27H38N4O2/c1-31-18-25(22-5-3-4-21(16-22)17-30-23-11-13-28-14-12-23)26(19-31)27(32)29-15-10-20-6-8-24(33-2)9-7-20/h3-9,16,23,25-26,28,30H,10-15,17-19H2,1-2H3,(H,29,32)/t25-,26+/m1/s1. The first-order valence-electron chi connectivity index (χ1n) is 12.2. The predicted molar refractivity (Wildman–Crippen MR) is 133 cm³/mol. The van der Waals surface area contributed by atoms with Crippen LogP contribution in [-0.2, 0) is 17.8 Å². The van der Waals surface area contributed by atoms with Crippen LogP contribution < -0.4 is 20.7 Å². The lowest BCUT2D eigenvalue weighted by Crippen LogP contribution is -2.39. The minimum Gasteiger partial charge on any atom is -0.497 e. The summed E-state index contributed by atoms with van der Waals surface area (Å²) in [6.45, 7) is 5.46. The summed E-state index contributed by atoms with van der Waals surface area (Å²) in [6.07, 6.45) is 3.19. The van der Waals surface area contributed by atoms with Crippen LogP contribution in [0.2, 0.25) is 0 Å². The number of hydrogen-bond acceptors (Lipinski definition) is 5. The number of carbonyl (C=O) groups is 1. The number of carbonyl (C=O) groups excluding carboxylic acids is 1. The van der Waals surface area contributed by atoms with Gasteiger partial charge >= 0.3 is 0 Å². The van der Waals surface area contributed by atoms with Gasteiger partial charge in [0.05, 0.1) is 13.0 Å².